The van der Waals surface area contributed by atoms with Crippen LogP contribution in [0.1, 0.15) is 17.3 Å². The Labute approximate surface area is 93.8 Å². The molecule has 88 valence electrons. The summed E-state index contributed by atoms with van der Waals surface area (Å²) in [6.07, 6.45) is -0.174. The number of hydrogen-bond acceptors (Lipinski definition) is 4. The van der Waals surface area contributed by atoms with E-state index < -0.39 is 5.91 Å². The summed E-state index contributed by atoms with van der Waals surface area (Å²) < 4.78 is 10.3. The Morgan fingerprint density at radius 3 is 2.75 bits per heavy atom. The van der Waals surface area contributed by atoms with Crippen molar-refractivity contribution in [3.05, 3.63) is 23.8 Å². The molecule has 0 saturated carbocycles. The van der Waals surface area contributed by atoms with Crippen LogP contribution in [0.2, 0.25) is 0 Å². The fourth-order valence-electron chi connectivity index (χ4n) is 1.29. The quantitative estimate of drug-likeness (QED) is 0.780. The van der Waals surface area contributed by atoms with Crippen LogP contribution < -0.4 is 10.5 Å². The zero-order valence-corrected chi connectivity index (χ0v) is 9.27. The zero-order chi connectivity index (χ0) is 12.1. The maximum absolute atomic E-state index is 10.9. The van der Waals surface area contributed by atoms with Gasteiger partial charge in [-0.3, -0.25) is 4.79 Å². The first kappa shape index (κ1) is 12.3. The largest absolute Gasteiger partial charge is 0.508 e. The highest BCUT2D eigenvalue weighted by Gasteiger charge is 2.08. The lowest BCUT2D eigenvalue weighted by Gasteiger charge is -2.14. The van der Waals surface area contributed by atoms with Crippen molar-refractivity contribution in [2.45, 2.75) is 13.0 Å². The number of benzene rings is 1. The van der Waals surface area contributed by atoms with E-state index in [1.807, 2.05) is 6.92 Å². The standard InChI is InChI=1S/C11H15NO4/c1-7(6-15-2)16-10-4-8(11(12)14)3-9(13)5-10/h3-5,7,13H,6H2,1-2H3,(H2,12,14)/t7-/m0/s1. The highest BCUT2D eigenvalue weighted by molar-refractivity contribution is 5.93. The number of primary amides is 1. The van der Waals surface area contributed by atoms with Gasteiger partial charge in [-0.1, -0.05) is 0 Å². The number of nitrogens with two attached hydrogens (primary N) is 1. The second kappa shape index (κ2) is 5.37. The minimum Gasteiger partial charge on any atom is -0.508 e. The molecule has 0 spiro atoms. The number of methoxy groups -OCH3 is 1. The first-order valence-corrected chi connectivity index (χ1v) is 4.82. The summed E-state index contributed by atoms with van der Waals surface area (Å²) in [7, 11) is 1.57. The van der Waals surface area contributed by atoms with Gasteiger partial charge < -0.3 is 20.3 Å². The number of rotatable bonds is 5. The molecule has 1 atom stereocenters. The molecule has 0 aliphatic rings. The number of aromatic hydroxyl groups is 1. The fourth-order valence-corrected chi connectivity index (χ4v) is 1.29. The monoisotopic (exact) mass is 225 g/mol. The van der Waals surface area contributed by atoms with Crippen molar-refractivity contribution in [3.8, 4) is 11.5 Å². The van der Waals surface area contributed by atoms with Crippen molar-refractivity contribution in [3.63, 3.8) is 0 Å². The van der Waals surface area contributed by atoms with Gasteiger partial charge in [0, 0.05) is 18.7 Å². The summed E-state index contributed by atoms with van der Waals surface area (Å²) in [5, 5.41) is 9.37. The van der Waals surface area contributed by atoms with Crippen molar-refractivity contribution in [1.82, 2.24) is 0 Å². The van der Waals surface area contributed by atoms with Gasteiger partial charge in [0.25, 0.3) is 0 Å². The predicted molar refractivity (Wildman–Crippen MR) is 58.6 cm³/mol. The zero-order valence-electron chi connectivity index (χ0n) is 9.27. The number of carbonyl (C=O) groups is 1. The van der Waals surface area contributed by atoms with Crippen molar-refractivity contribution >= 4 is 5.91 Å². The molecule has 1 aromatic carbocycles. The highest BCUT2D eigenvalue weighted by Crippen LogP contribution is 2.22. The molecule has 5 heteroatoms. The third kappa shape index (κ3) is 3.43. The average molecular weight is 225 g/mol. The van der Waals surface area contributed by atoms with Gasteiger partial charge in [-0.25, -0.2) is 0 Å². The molecule has 0 bridgehead atoms. The predicted octanol–water partition coefficient (Wildman–Crippen LogP) is 0.905. The molecule has 0 aromatic heterocycles. The van der Waals surface area contributed by atoms with Crippen LogP contribution >= 0.6 is 0 Å². The van der Waals surface area contributed by atoms with Crippen LogP contribution in [0, 0.1) is 0 Å². The number of phenols is 1. The first-order chi connectivity index (χ1) is 7.52. The lowest BCUT2D eigenvalue weighted by atomic mass is 10.2. The van der Waals surface area contributed by atoms with Gasteiger partial charge in [-0.15, -0.1) is 0 Å². The Bertz CT molecular complexity index is 378. The molecule has 5 nitrogen and oxygen atoms in total. The van der Waals surface area contributed by atoms with Crippen LogP contribution in [0.15, 0.2) is 18.2 Å². The number of carbonyl (C=O) groups excluding carboxylic acids is 1. The van der Waals surface area contributed by atoms with Gasteiger partial charge in [0.05, 0.1) is 6.61 Å². The SMILES string of the molecule is COC[C@H](C)Oc1cc(O)cc(C(N)=O)c1. The van der Waals surface area contributed by atoms with Crippen LogP contribution in [0.3, 0.4) is 0 Å². The third-order valence-electron chi connectivity index (χ3n) is 1.91. The average Bonchev–Trinajstić information content (AvgIpc) is 2.16. The van der Waals surface area contributed by atoms with Crippen molar-refractivity contribution in [1.29, 1.82) is 0 Å². The molecule has 0 radical (unpaired) electrons. The van der Waals surface area contributed by atoms with Gasteiger partial charge in [0.15, 0.2) is 0 Å². The summed E-state index contributed by atoms with van der Waals surface area (Å²) in [5.74, 6) is -0.283. The summed E-state index contributed by atoms with van der Waals surface area (Å²) in [6, 6.07) is 4.18. The van der Waals surface area contributed by atoms with Gasteiger partial charge in [0.2, 0.25) is 5.91 Å². The maximum Gasteiger partial charge on any atom is 0.248 e. The van der Waals surface area contributed by atoms with Crippen LogP contribution in [0.4, 0.5) is 0 Å². The third-order valence-corrected chi connectivity index (χ3v) is 1.91. The second-order valence-corrected chi connectivity index (χ2v) is 3.46. The summed E-state index contributed by atoms with van der Waals surface area (Å²) in [5.41, 5.74) is 5.32. The van der Waals surface area contributed by atoms with Crippen molar-refractivity contribution < 1.29 is 19.4 Å². The molecule has 0 heterocycles. The van der Waals surface area contributed by atoms with Crippen molar-refractivity contribution in [2.75, 3.05) is 13.7 Å². The van der Waals surface area contributed by atoms with E-state index in [4.69, 9.17) is 15.2 Å². The van der Waals surface area contributed by atoms with E-state index in [2.05, 4.69) is 0 Å². The van der Waals surface area contributed by atoms with E-state index in [9.17, 15) is 9.90 Å². The molecule has 16 heavy (non-hydrogen) atoms. The van der Waals surface area contributed by atoms with E-state index in [-0.39, 0.29) is 17.4 Å². The normalized spacial score (nSPS) is 12.1. The van der Waals surface area contributed by atoms with Crippen LogP contribution in [0.25, 0.3) is 0 Å². The van der Waals surface area contributed by atoms with Gasteiger partial charge in [0.1, 0.15) is 17.6 Å². The lowest BCUT2D eigenvalue weighted by Crippen LogP contribution is -2.18. The van der Waals surface area contributed by atoms with E-state index in [1.165, 1.54) is 18.2 Å². The Hall–Kier alpha value is -1.75. The molecule has 0 unspecified atom stereocenters. The Morgan fingerprint density at radius 2 is 2.19 bits per heavy atom. The molecule has 3 N–H and O–H groups in total. The highest BCUT2D eigenvalue weighted by atomic mass is 16.5. The number of phenolic OH excluding ortho intramolecular Hbond substituents is 1. The molecule has 0 fully saturated rings. The minimum atomic E-state index is -0.611. The van der Waals surface area contributed by atoms with E-state index >= 15 is 0 Å². The second-order valence-electron chi connectivity index (χ2n) is 3.46. The smallest absolute Gasteiger partial charge is 0.248 e. The molecule has 1 rings (SSSR count). The first-order valence-electron chi connectivity index (χ1n) is 4.82. The number of amides is 1. The van der Waals surface area contributed by atoms with Gasteiger partial charge in [-0.2, -0.15) is 0 Å². The topological polar surface area (TPSA) is 81.8 Å². The van der Waals surface area contributed by atoms with Crippen molar-refractivity contribution in [2.24, 2.45) is 5.73 Å². The Balaban J connectivity index is 2.84. The Kier molecular flexibility index (Phi) is 4.13. The molecular weight excluding hydrogens is 210 g/mol. The fraction of sp³-hybridized carbons (Fsp3) is 0.364. The van der Waals surface area contributed by atoms with Crippen LogP contribution in [-0.4, -0.2) is 30.8 Å². The van der Waals surface area contributed by atoms with Gasteiger partial charge in [-0.05, 0) is 19.1 Å². The van der Waals surface area contributed by atoms with Crippen LogP contribution in [0.5, 0.6) is 11.5 Å². The summed E-state index contributed by atoms with van der Waals surface area (Å²) >= 11 is 0. The van der Waals surface area contributed by atoms with E-state index in [1.54, 1.807) is 7.11 Å². The van der Waals surface area contributed by atoms with E-state index in [0.717, 1.165) is 0 Å². The summed E-state index contributed by atoms with van der Waals surface area (Å²) in [4.78, 5) is 10.9. The Morgan fingerprint density at radius 1 is 1.50 bits per heavy atom. The molecular formula is C11H15NO4. The van der Waals surface area contributed by atoms with Gasteiger partial charge >= 0.3 is 0 Å². The van der Waals surface area contributed by atoms with Crippen LogP contribution in [-0.2, 0) is 4.74 Å². The molecule has 0 aliphatic carbocycles. The van der Waals surface area contributed by atoms with E-state index in [0.29, 0.717) is 12.4 Å². The maximum atomic E-state index is 10.9. The lowest BCUT2D eigenvalue weighted by molar-refractivity contribution is 0.0914. The molecule has 1 amide bonds. The molecule has 0 aliphatic heterocycles. The number of hydrogen-bond donors (Lipinski definition) is 2. The minimum absolute atomic E-state index is 0.0593. The number of ether oxygens (including phenoxy) is 2. The summed E-state index contributed by atoms with van der Waals surface area (Å²) in [6.45, 7) is 2.24. The molecule has 0 saturated heterocycles. The molecule has 1 aromatic rings.